The van der Waals surface area contributed by atoms with Crippen molar-refractivity contribution >= 4 is 0 Å². The number of rotatable bonds is 6. The van der Waals surface area contributed by atoms with Gasteiger partial charge in [0.25, 0.3) is 6.43 Å². The Balaban J connectivity index is 1.99. The minimum absolute atomic E-state index is 0.122. The molecule has 1 aliphatic carbocycles. The van der Waals surface area contributed by atoms with Crippen molar-refractivity contribution in [2.24, 2.45) is 0 Å². The third kappa shape index (κ3) is 4.25. The summed E-state index contributed by atoms with van der Waals surface area (Å²) in [6.45, 7) is 2.41. The lowest BCUT2D eigenvalue weighted by Crippen LogP contribution is -2.45. The van der Waals surface area contributed by atoms with Crippen molar-refractivity contribution in [1.29, 1.82) is 0 Å². The van der Waals surface area contributed by atoms with Gasteiger partial charge in [-0.15, -0.1) is 0 Å². The average Bonchev–Trinajstić information content (AvgIpc) is 2.47. The van der Waals surface area contributed by atoms with Gasteiger partial charge in [-0.25, -0.2) is 8.78 Å². The maximum absolute atomic E-state index is 12.4. The molecule has 0 amide bonds. The first-order valence-electron chi connectivity index (χ1n) is 7.38. The molecule has 1 aromatic rings. The van der Waals surface area contributed by atoms with Crippen LogP contribution < -0.4 is 5.32 Å². The van der Waals surface area contributed by atoms with E-state index in [2.05, 4.69) is 17.4 Å². The van der Waals surface area contributed by atoms with Gasteiger partial charge in [-0.3, -0.25) is 0 Å². The minimum Gasteiger partial charge on any atom is -0.371 e. The molecule has 0 heterocycles. The molecule has 1 saturated carbocycles. The van der Waals surface area contributed by atoms with Crippen LogP contribution in [0.15, 0.2) is 30.3 Å². The van der Waals surface area contributed by atoms with E-state index in [-0.39, 0.29) is 12.1 Å². The standard InChI is InChI=1S/C16H23F2NO/c1-2-19-14-9-8-13(12-6-4-3-5-7-12)10-15(14)20-11-16(17)18/h3-7,13-16,19H,2,8-11H2,1H3. The zero-order valence-corrected chi connectivity index (χ0v) is 11.9. The van der Waals surface area contributed by atoms with E-state index in [0.717, 1.165) is 25.8 Å². The highest BCUT2D eigenvalue weighted by molar-refractivity contribution is 5.20. The van der Waals surface area contributed by atoms with E-state index in [4.69, 9.17) is 4.74 Å². The molecule has 4 heteroatoms. The highest BCUT2D eigenvalue weighted by atomic mass is 19.3. The Hall–Kier alpha value is -1.00. The van der Waals surface area contributed by atoms with Crippen LogP contribution in [0.25, 0.3) is 0 Å². The van der Waals surface area contributed by atoms with E-state index in [0.29, 0.717) is 5.92 Å². The number of hydrogen-bond donors (Lipinski definition) is 1. The predicted octanol–water partition coefficient (Wildman–Crippen LogP) is 3.58. The average molecular weight is 283 g/mol. The molecule has 0 bridgehead atoms. The fourth-order valence-electron chi connectivity index (χ4n) is 3.03. The number of nitrogens with one attached hydrogen (secondary N) is 1. The lowest BCUT2D eigenvalue weighted by molar-refractivity contribution is -0.0525. The number of benzene rings is 1. The smallest absolute Gasteiger partial charge is 0.261 e. The highest BCUT2D eigenvalue weighted by Gasteiger charge is 2.31. The summed E-state index contributed by atoms with van der Waals surface area (Å²) in [5.41, 5.74) is 1.29. The normalized spacial score (nSPS) is 26.9. The molecule has 112 valence electrons. The van der Waals surface area contributed by atoms with Gasteiger partial charge < -0.3 is 10.1 Å². The summed E-state index contributed by atoms with van der Waals surface area (Å²) in [5.74, 6) is 0.411. The molecular weight excluding hydrogens is 260 g/mol. The third-order valence-corrected chi connectivity index (χ3v) is 3.97. The second-order valence-electron chi connectivity index (χ2n) is 5.35. The lowest BCUT2D eigenvalue weighted by Gasteiger charge is -2.36. The number of alkyl halides is 2. The second-order valence-corrected chi connectivity index (χ2v) is 5.35. The maximum atomic E-state index is 12.4. The van der Waals surface area contributed by atoms with Gasteiger partial charge in [0.1, 0.15) is 6.61 Å². The largest absolute Gasteiger partial charge is 0.371 e. The van der Waals surface area contributed by atoms with Crippen LogP contribution in [0.4, 0.5) is 8.78 Å². The second kappa shape index (κ2) is 7.70. The number of halogens is 2. The van der Waals surface area contributed by atoms with Crippen LogP contribution >= 0.6 is 0 Å². The van der Waals surface area contributed by atoms with Crippen LogP contribution in [-0.2, 0) is 4.74 Å². The van der Waals surface area contributed by atoms with Gasteiger partial charge in [-0.05, 0) is 37.3 Å². The fourth-order valence-corrected chi connectivity index (χ4v) is 3.03. The van der Waals surface area contributed by atoms with Crippen molar-refractivity contribution in [2.75, 3.05) is 13.2 Å². The van der Waals surface area contributed by atoms with E-state index < -0.39 is 13.0 Å². The Kier molecular flexibility index (Phi) is 5.92. The quantitative estimate of drug-likeness (QED) is 0.861. The molecule has 0 radical (unpaired) electrons. The topological polar surface area (TPSA) is 21.3 Å². The zero-order valence-electron chi connectivity index (χ0n) is 11.9. The zero-order chi connectivity index (χ0) is 14.4. The molecule has 0 aromatic heterocycles. The van der Waals surface area contributed by atoms with Crippen molar-refractivity contribution in [2.45, 2.75) is 50.7 Å². The van der Waals surface area contributed by atoms with E-state index in [1.165, 1.54) is 5.56 Å². The minimum atomic E-state index is -2.39. The van der Waals surface area contributed by atoms with Gasteiger partial charge in [0.05, 0.1) is 6.10 Å². The van der Waals surface area contributed by atoms with Crippen molar-refractivity contribution < 1.29 is 13.5 Å². The molecule has 1 aliphatic rings. The van der Waals surface area contributed by atoms with E-state index >= 15 is 0 Å². The van der Waals surface area contributed by atoms with Crippen LogP contribution in [0.5, 0.6) is 0 Å². The summed E-state index contributed by atoms with van der Waals surface area (Å²) in [4.78, 5) is 0. The molecule has 0 aliphatic heterocycles. The van der Waals surface area contributed by atoms with E-state index in [1.807, 2.05) is 25.1 Å². The molecule has 0 saturated heterocycles. The molecule has 1 fully saturated rings. The maximum Gasteiger partial charge on any atom is 0.261 e. The number of likely N-dealkylation sites (N-methyl/N-ethyl adjacent to an activating group) is 1. The Morgan fingerprint density at radius 3 is 2.65 bits per heavy atom. The Morgan fingerprint density at radius 2 is 2.00 bits per heavy atom. The summed E-state index contributed by atoms with van der Waals surface area (Å²) < 4.78 is 30.2. The van der Waals surface area contributed by atoms with Crippen molar-refractivity contribution in [3.8, 4) is 0 Å². The van der Waals surface area contributed by atoms with Crippen LogP contribution in [-0.4, -0.2) is 31.7 Å². The van der Waals surface area contributed by atoms with Crippen molar-refractivity contribution in [3.05, 3.63) is 35.9 Å². The third-order valence-electron chi connectivity index (χ3n) is 3.97. The first-order chi connectivity index (χ1) is 9.70. The van der Waals surface area contributed by atoms with Gasteiger partial charge in [0, 0.05) is 6.04 Å². The summed E-state index contributed by atoms with van der Waals surface area (Å²) >= 11 is 0. The predicted molar refractivity (Wildman–Crippen MR) is 76.2 cm³/mol. The molecule has 2 nitrogen and oxygen atoms in total. The fraction of sp³-hybridized carbons (Fsp3) is 0.625. The van der Waals surface area contributed by atoms with Gasteiger partial charge in [-0.2, -0.15) is 0 Å². The summed E-state index contributed by atoms with van der Waals surface area (Å²) in [5, 5.41) is 3.36. The molecule has 1 N–H and O–H groups in total. The first kappa shape index (κ1) is 15.4. The summed E-state index contributed by atoms with van der Waals surface area (Å²) in [6.07, 6.45) is 0.351. The molecule has 3 unspecified atom stereocenters. The number of ether oxygens (including phenoxy) is 1. The monoisotopic (exact) mass is 283 g/mol. The van der Waals surface area contributed by atoms with Crippen LogP contribution in [0.2, 0.25) is 0 Å². The van der Waals surface area contributed by atoms with E-state index in [9.17, 15) is 8.78 Å². The Bertz CT molecular complexity index is 385. The van der Waals surface area contributed by atoms with Gasteiger partial charge in [-0.1, -0.05) is 37.3 Å². The Morgan fingerprint density at radius 1 is 1.25 bits per heavy atom. The molecule has 3 atom stereocenters. The van der Waals surface area contributed by atoms with Gasteiger partial charge in [0.15, 0.2) is 0 Å². The molecular formula is C16H23F2NO. The lowest BCUT2D eigenvalue weighted by atomic mass is 9.80. The highest BCUT2D eigenvalue weighted by Crippen LogP contribution is 2.34. The van der Waals surface area contributed by atoms with Crippen LogP contribution in [0.1, 0.15) is 37.7 Å². The molecule has 2 rings (SSSR count). The van der Waals surface area contributed by atoms with Crippen molar-refractivity contribution in [1.82, 2.24) is 5.32 Å². The van der Waals surface area contributed by atoms with Crippen LogP contribution in [0.3, 0.4) is 0 Å². The SMILES string of the molecule is CCNC1CCC(c2ccccc2)CC1OCC(F)F. The summed E-state index contributed by atoms with van der Waals surface area (Å²) in [7, 11) is 0. The molecule has 0 spiro atoms. The molecule has 1 aromatic carbocycles. The van der Waals surface area contributed by atoms with Crippen LogP contribution in [0, 0.1) is 0 Å². The summed E-state index contributed by atoms with van der Waals surface area (Å²) in [6, 6.07) is 10.5. The first-order valence-corrected chi connectivity index (χ1v) is 7.38. The van der Waals surface area contributed by atoms with Crippen molar-refractivity contribution in [3.63, 3.8) is 0 Å². The number of hydrogen-bond acceptors (Lipinski definition) is 2. The van der Waals surface area contributed by atoms with Gasteiger partial charge in [0.2, 0.25) is 0 Å². The van der Waals surface area contributed by atoms with Gasteiger partial charge >= 0.3 is 0 Å². The molecule has 20 heavy (non-hydrogen) atoms. The Labute approximate surface area is 119 Å². The van der Waals surface area contributed by atoms with E-state index in [1.54, 1.807) is 0 Å².